The minimum absolute atomic E-state index is 0.121. The molecule has 0 fully saturated rings. The standard InChI is InChI=1S/C21H21N2O2/c1-4-14-21(2)18-15-17(23(24)25)11-12-19(18)22(3)20(21)13-10-16-8-6-5-7-9-16/h4-13,15H,1,14H2,2-3H3/q+1/b13-10+. The number of nitro groups is 1. The van der Waals surface area contributed by atoms with E-state index in [0.717, 1.165) is 22.5 Å². The van der Waals surface area contributed by atoms with Crippen LogP contribution in [0.25, 0.3) is 6.08 Å². The summed E-state index contributed by atoms with van der Waals surface area (Å²) in [5, 5.41) is 11.2. The number of nitrogens with zero attached hydrogens (tertiary/aromatic N) is 2. The van der Waals surface area contributed by atoms with Gasteiger partial charge >= 0.3 is 0 Å². The average Bonchev–Trinajstić information content (AvgIpc) is 2.81. The third kappa shape index (κ3) is 2.91. The average molecular weight is 333 g/mol. The molecule has 1 heterocycles. The molecular formula is C21H21N2O2+. The van der Waals surface area contributed by atoms with Crippen LogP contribution in [0.1, 0.15) is 24.5 Å². The van der Waals surface area contributed by atoms with Crippen molar-refractivity contribution < 1.29 is 9.50 Å². The molecule has 3 rings (SSSR count). The van der Waals surface area contributed by atoms with Crippen molar-refractivity contribution in [3.63, 3.8) is 0 Å². The van der Waals surface area contributed by atoms with E-state index in [1.54, 1.807) is 12.1 Å². The van der Waals surface area contributed by atoms with Crippen LogP contribution in [0.4, 0.5) is 11.4 Å². The number of fused-ring (bicyclic) bond motifs is 1. The summed E-state index contributed by atoms with van der Waals surface area (Å²) >= 11 is 0. The van der Waals surface area contributed by atoms with Crippen molar-refractivity contribution in [2.24, 2.45) is 0 Å². The summed E-state index contributed by atoms with van der Waals surface area (Å²) in [5.41, 5.74) is 3.97. The highest BCUT2D eigenvalue weighted by atomic mass is 16.6. The molecule has 126 valence electrons. The number of non-ortho nitro benzene ring substituents is 1. The quantitative estimate of drug-likeness (QED) is 0.339. The van der Waals surface area contributed by atoms with E-state index >= 15 is 0 Å². The van der Waals surface area contributed by atoms with E-state index in [1.165, 1.54) is 0 Å². The van der Waals surface area contributed by atoms with E-state index < -0.39 is 0 Å². The fourth-order valence-corrected chi connectivity index (χ4v) is 3.55. The van der Waals surface area contributed by atoms with Crippen molar-refractivity contribution in [1.29, 1.82) is 0 Å². The normalized spacial score (nSPS) is 19.3. The van der Waals surface area contributed by atoms with Gasteiger partial charge in [0.15, 0.2) is 5.71 Å². The molecule has 0 N–H and O–H groups in total. The van der Waals surface area contributed by atoms with Gasteiger partial charge in [-0.1, -0.05) is 36.4 Å². The third-order valence-electron chi connectivity index (χ3n) is 4.86. The van der Waals surface area contributed by atoms with Gasteiger partial charge < -0.3 is 0 Å². The zero-order valence-corrected chi connectivity index (χ0v) is 14.5. The maximum Gasteiger partial charge on any atom is 0.270 e. The summed E-state index contributed by atoms with van der Waals surface area (Å²) in [4.78, 5) is 10.9. The molecule has 0 spiro atoms. The van der Waals surface area contributed by atoms with Gasteiger partial charge in [-0.05, 0) is 25.0 Å². The molecule has 1 aliphatic rings. The number of allylic oxidation sites excluding steroid dienone is 2. The van der Waals surface area contributed by atoms with Gasteiger partial charge in [-0.15, -0.1) is 6.58 Å². The van der Waals surface area contributed by atoms with Crippen LogP contribution in [0.15, 0.2) is 67.3 Å². The second kappa shape index (κ2) is 6.48. The Bertz CT molecular complexity index is 897. The Morgan fingerprint density at radius 1 is 1.20 bits per heavy atom. The van der Waals surface area contributed by atoms with Gasteiger partial charge in [0.1, 0.15) is 7.05 Å². The molecular weight excluding hydrogens is 312 g/mol. The molecule has 4 heteroatoms. The second-order valence-corrected chi connectivity index (χ2v) is 6.47. The molecule has 1 atom stereocenters. The number of nitro benzene ring substituents is 1. The van der Waals surface area contributed by atoms with Gasteiger partial charge in [0, 0.05) is 29.8 Å². The Hall–Kier alpha value is -3.01. The van der Waals surface area contributed by atoms with Gasteiger partial charge in [-0.25, -0.2) is 0 Å². The number of rotatable bonds is 5. The van der Waals surface area contributed by atoms with Crippen molar-refractivity contribution in [3.05, 3.63) is 88.5 Å². The van der Waals surface area contributed by atoms with Crippen LogP contribution in [-0.4, -0.2) is 22.3 Å². The minimum Gasteiger partial charge on any atom is -0.258 e. The lowest BCUT2D eigenvalue weighted by Crippen LogP contribution is -2.30. The zero-order valence-electron chi connectivity index (χ0n) is 14.5. The predicted molar refractivity (Wildman–Crippen MR) is 102 cm³/mol. The largest absolute Gasteiger partial charge is 0.270 e. The number of hydrogen-bond donors (Lipinski definition) is 0. The molecule has 0 saturated heterocycles. The highest BCUT2D eigenvalue weighted by Gasteiger charge is 2.46. The Labute approximate surface area is 147 Å². The van der Waals surface area contributed by atoms with Crippen molar-refractivity contribution >= 4 is 23.2 Å². The summed E-state index contributed by atoms with van der Waals surface area (Å²) < 4.78 is 2.11. The third-order valence-corrected chi connectivity index (χ3v) is 4.86. The molecule has 1 aliphatic heterocycles. The van der Waals surface area contributed by atoms with Crippen LogP contribution >= 0.6 is 0 Å². The minimum atomic E-state index is -0.344. The van der Waals surface area contributed by atoms with Crippen LogP contribution in [0.3, 0.4) is 0 Å². The van der Waals surface area contributed by atoms with Gasteiger partial charge in [-0.2, -0.15) is 4.58 Å². The van der Waals surface area contributed by atoms with Crippen molar-refractivity contribution in [1.82, 2.24) is 0 Å². The molecule has 25 heavy (non-hydrogen) atoms. The molecule has 0 aliphatic carbocycles. The van der Waals surface area contributed by atoms with E-state index in [9.17, 15) is 10.1 Å². The molecule has 0 saturated carbocycles. The first kappa shape index (κ1) is 16.8. The molecule has 1 unspecified atom stereocenters. The fraction of sp³-hybridized carbons (Fsp3) is 0.190. The molecule has 0 bridgehead atoms. The Morgan fingerprint density at radius 2 is 1.92 bits per heavy atom. The van der Waals surface area contributed by atoms with E-state index in [-0.39, 0.29) is 16.0 Å². The molecule has 4 nitrogen and oxygen atoms in total. The lowest BCUT2D eigenvalue weighted by atomic mass is 9.76. The van der Waals surface area contributed by atoms with Gasteiger partial charge in [-0.3, -0.25) is 10.1 Å². The monoisotopic (exact) mass is 333 g/mol. The van der Waals surface area contributed by atoms with E-state index in [1.807, 2.05) is 37.4 Å². The van der Waals surface area contributed by atoms with Crippen LogP contribution in [0.5, 0.6) is 0 Å². The van der Waals surface area contributed by atoms with Gasteiger partial charge in [0.2, 0.25) is 5.69 Å². The van der Waals surface area contributed by atoms with E-state index in [2.05, 4.69) is 42.4 Å². The topological polar surface area (TPSA) is 46.1 Å². The Kier molecular flexibility index (Phi) is 4.36. The molecule has 0 radical (unpaired) electrons. The number of hydrogen-bond acceptors (Lipinski definition) is 2. The summed E-state index contributed by atoms with van der Waals surface area (Å²) in [5.74, 6) is 0. The smallest absolute Gasteiger partial charge is 0.258 e. The van der Waals surface area contributed by atoms with Gasteiger partial charge in [0.25, 0.3) is 5.69 Å². The molecule has 2 aromatic carbocycles. The SMILES string of the molecule is C=CCC1(C)C(/C=C/c2ccccc2)=[N+](C)c2ccc([N+](=O)[O-])cc21. The van der Waals surface area contributed by atoms with Crippen LogP contribution in [-0.2, 0) is 5.41 Å². The molecule has 0 aromatic heterocycles. The lowest BCUT2D eigenvalue weighted by Gasteiger charge is -2.20. The van der Waals surface area contributed by atoms with E-state index in [0.29, 0.717) is 6.42 Å². The first-order chi connectivity index (χ1) is 12.0. The summed E-state index contributed by atoms with van der Waals surface area (Å²) in [7, 11) is 2.00. The van der Waals surface area contributed by atoms with Crippen molar-refractivity contribution in [2.45, 2.75) is 18.8 Å². The lowest BCUT2D eigenvalue weighted by molar-refractivity contribution is -0.402. The van der Waals surface area contributed by atoms with Gasteiger partial charge in [0.05, 0.1) is 10.3 Å². The van der Waals surface area contributed by atoms with Crippen LogP contribution in [0.2, 0.25) is 0 Å². The summed E-state index contributed by atoms with van der Waals surface area (Å²) in [6.45, 7) is 6.00. The molecule has 0 amide bonds. The first-order valence-corrected chi connectivity index (χ1v) is 8.21. The fourth-order valence-electron chi connectivity index (χ4n) is 3.55. The number of benzene rings is 2. The zero-order chi connectivity index (χ0) is 18.0. The highest BCUT2D eigenvalue weighted by molar-refractivity contribution is 6.05. The van der Waals surface area contributed by atoms with Crippen molar-refractivity contribution in [2.75, 3.05) is 7.05 Å². The molecule has 2 aromatic rings. The Morgan fingerprint density at radius 3 is 2.56 bits per heavy atom. The van der Waals surface area contributed by atoms with Crippen molar-refractivity contribution in [3.8, 4) is 0 Å². The first-order valence-electron chi connectivity index (χ1n) is 8.21. The Balaban J connectivity index is 2.11. The van der Waals surface area contributed by atoms with Crippen LogP contribution in [0, 0.1) is 10.1 Å². The predicted octanol–water partition coefficient (Wildman–Crippen LogP) is 4.87. The highest BCUT2D eigenvalue weighted by Crippen LogP contribution is 2.43. The maximum absolute atomic E-state index is 11.2. The van der Waals surface area contributed by atoms with E-state index in [4.69, 9.17) is 0 Å². The maximum atomic E-state index is 11.2. The second-order valence-electron chi connectivity index (χ2n) is 6.47. The summed E-state index contributed by atoms with van der Waals surface area (Å²) in [6, 6.07) is 15.2. The summed E-state index contributed by atoms with van der Waals surface area (Å²) in [6.07, 6.45) is 6.76. The van der Waals surface area contributed by atoms with Crippen LogP contribution < -0.4 is 0 Å².